The van der Waals surface area contributed by atoms with Crippen LogP contribution in [0.3, 0.4) is 0 Å². The van der Waals surface area contributed by atoms with Gasteiger partial charge in [0.15, 0.2) is 5.82 Å². The van der Waals surface area contributed by atoms with E-state index in [1.165, 1.54) is 16.7 Å². The van der Waals surface area contributed by atoms with Gasteiger partial charge < -0.3 is 14.5 Å². The van der Waals surface area contributed by atoms with Crippen LogP contribution in [0, 0.1) is 5.82 Å². The third-order valence-electron chi connectivity index (χ3n) is 2.36. The number of hydrogen-bond donors (Lipinski definition) is 0. The number of rotatable bonds is 2. The van der Waals surface area contributed by atoms with Crippen LogP contribution in [0.25, 0.3) is 11.0 Å². The SMILES string of the molecule is CC(C)n1c(C(=O)[O-])nc2cccc(F)c21. The van der Waals surface area contributed by atoms with Crippen molar-refractivity contribution >= 4 is 17.0 Å². The third-order valence-corrected chi connectivity index (χ3v) is 2.36. The second-order valence-corrected chi connectivity index (χ2v) is 3.79. The second kappa shape index (κ2) is 3.59. The number of imidazole rings is 1. The normalized spacial score (nSPS) is 11.2. The Morgan fingerprint density at radius 2 is 2.19 bits per heavy atom. The third kappa shape index (κ3) is 1.44. The molecule has 0 atom stereocenters. The summed E-state index contributed by atoms with van der Waals surface area (Å²) in [7, 11) is 0. The number of aromatic nitrogens is 2. The summed E-state index contributed by atoms with van der Waals surface area (Å²) in [6.45, 7) is 3.53. The first-order chi connectivity index (χ1) is 7.52. The monoisotopic (exact) mass is 221 g/mol. The highest BCUT2D eigenvalue weighted by molar-refractivity contribution is 5.88. The van der Waals surface area contributed by atoms with Gasteiger partial charge in [-0.1, -0.05) is 6.07 Å². The van der Waals surface area contributed by atoms with E-state index in [9.17, 15) is 14.3 Å². The molecule has 16 heavy (non-hydrogen) atoms. The molecular weight excluding hydrogens is 211 g/mol. The molecule has 0 aliphatic rings. The average molecular weight is 221 g/mol. The lowest BCUT2D eigenvalue weighted by Crippen LogP contribution is -2.27. The van der Waals surface area contributed by atoms with Crippen molar-refractivity contribution in [3.63, 3.8) is 0 Å². The van der Waals surface area contributed by atoms with E-state index in [2.05, 4.69) is 4.98 Å². The fraction of sp³-hybridized carbons (Fsp3) is 0.273. The van der Waals surface area contributed by atoms with Crippen LogP contribution in [0.5, 0.6) is 0 Å². The summed E-state index contributed by atoms with van der Waals surface area (Å²) in [6.07, 6.45) is 0. The van der Waals surface area contributed by atoms with Gasteiger partial charge in [0.25, 0.3) is 0 Å². The van der Waals surface area contributed by atoms with Crippen LogP contribution in [-0.4, -0.2) is 15.5 Å². The Kier molecular flexibility index (Phi) is 2.38. The fourth-order valence-electron chi connectivity index (χ4n) is 1.75. The Morgan fingerprint density at radius 1 is 1.50 bits per heavy atom. The molecule has 1 heterocycles. The van der Waals surface area contributed by atoms with Crippen molar-refractivity contribution in [1.82, 2.24) is 9.55 Å². The Labute approximate surface area is 91.3 Å². The maximum absolute atomic E-state index is 13.6. The molecule has 0 saturated heterocycles. The van der Waals surface area contributed by atoms with Crippen LogP contribution < -0.4 is 5.11 Å². The number of hydrogen-bond acceptors (Lipinski definition) is 3. The molecule has 0 aliphatic carbocycles. The summed E-state index contributed by atoms with van der Waals surface area (Å²) >= 11 is 0. The van der Waals surface area contributed by atoms with Crippen molar-refractivity contribution in [2.75, 3.05) is 0 Å². The molecule has 0 N–H and O–H groups in total. The van der Waals surface area contributed by atoms with Crippen molar-refractivity contribution in [3.05, 3.63) is 29.8 Å². The summed E-state index contributed by atoms with van der Waals surface area (Å²) < 4.78 is 14.9. The molecule has 0 radical (unpaired) electrons. The quantitative estimate of drug-likeness (QED) is 0.763. The number of carbonyl (C=O) groups excluding carboxylic acids is 1. The zero-order valence-electron chi connectivity index (χ0n) is 8.90. The van der Waals surface area contributed by atoms with E-state index in [1.807, 2.05) is 0 Å². The number of carboxylic acid groups (broad SMARTS) is 1. The zero-order chi connectivity index (χ0) is 11.9. The largest absolute Gasteiger partial charge is 0.542 e. The Balaban J connectivity index is 2.88. The molecule has 0 unspecified atom stereocenters. The lowest BCUT2D eigenvalue weighted by molar-refractivity contribution is -0.256. The predicted octanol–water partition coefficient (Wildman–Crippen LogP) is 1.12. The number of para-hydroxylation sites is 1. The van der Waals surface area contributed by atoms with E-state index < -0.39 is 11.8 Å². The van der Waals surface area contributed by atoms with E-state index in [-0.39, 0.29) is 17.4 Å². The first-order valence-electron chi connectivity index (χ1n) is 4.90. The molecule has 1 aromatic heterocycles. The number of benzene rings is 1. The van der Waals surface area contributed by atoms with Crippen LogP contribution in [0.4, 0.5) is 4.39 Å². The molecule has 0 aliphatic heterocycles. The molecule has 1 aromatic carbocycles. The van der Waals surface area contributed by atoms with Gasteiger partial charge in [0, 0.05) is 6.04 Å². The second-order valence-electron chi connectivity index (χ2n) is 3.79. The summed E-state index contributed by atoms with van der Waals surface area (Å²) in [5.74, 6) is -2.12. The van der Waals surface area contributed by atoms with Gasteiger partial charge in [-0.15, -0.1) is 0 Å². The average Bonchev–Trinajstić information content (AvgIpc) is 2.58. The molecule has 4 nitrogen and oxygen atoms in total. The van der Waals surface area contributed by atoms with E-state index in [1.54, 1.807) is 19.9 Å². The van der Waals surface area contributed by atoms with Gasteiger partial charge in [-0.2, -0.15) is 0 Å². The molecule has 5 heteroatoms. The number of aromatic carboxylic acids is 1. The number of carboxylic acids is 1. The van der Waals surface area contributed by atoms with Crippen molar-refractivity contribution < 1.29 is 14.3 Å². The lowest BCUT2D eigenvalue weighted by Gasteiger charge is -2.13. The van der Waals surface area contributed by atoms with Crippen molar-refractivity contribution in [3.8, 4) is 0 Å². The van der Waals surface area contributed by atoms with Crippen LogP contribution >= 0.6 is 0 Å². The van der Waals surface area contributed by atoms with Gasteiger partial charge in [0.1, 0.15) is 17.3 Å². The molecule has 0 saturated carbocycles. The first-order valence-corrected chi connectivity index (χ1v) is 4.90. The molecule has 0 amide bonds. The van der Waals surface area contributed by atoms with Crippen LogP contribution in [0.15, 0.2) is 18.2 Å². The summed E-state index contributed by atoms with van der Waals surface area (Å²) in [6, 6.07) is 4.15. The fourth-order valence-corrected chi connectivity index (χ4v) is 1.75. The molecule has 2 rings (SSSR count). The number of fused-ring (bicyclic) bond motifs is 1. The first kappa shape index (κ1) is 10.6. The van der Waals surface area contributed by atoms with E-state index in [0.29, 0.717) is 5.52 Å². The van der Waals surface area contributed by atoms with E-state index in [4.69, 9.17) is 0 Å². The van der Waals surface area contributed by atoms with Gasteiger partial charge in [-0.25, -0.2) is 9.37 Å². The minimum Gasteiger partial charge on any atom is -0.542 e. The molecule has 0 fully saturated rings. The Hall–Kier alpha value is -1.91. The number of carbonyl (C=O) groups is 1. The van der Waals surface area contributed by atoms with E-state index >= 15 is 0 Å². The number of halogens is 1. The van der Waals surface area contributed by atoms with Crippen LogP contribution in [0.1, 0.15) is 30.5 Å². The minimum absolute atomic E-state index is 0.199. The molecular formula is C11H10FN2O2-. The topological polar surface area (TPSA) is 58.0 Å². The number of nitrogens with zero attached hydrogens (tertiary/aromatic N) is 2. The zero-order valence-corrected chi connectivity index (χ0v) is 8.90. The minimum atomic E-state index is -1.40. The van der Waals surface area contributed by atoms with Gasteiger partial charge in [0.05, 0.1) is 5.52 Å². The summed E-state index contributed by atoms with van der Waals surface area (Å²) in [5, 5.41) is 10.9. The maximum atomic E-state index is 13.6. The van der Waals surface area contributed by atoms with Gasteiger partial charge in [0.2, 0.25) is 0 Å². The van der Waals surface area contributed by atoms with E-state index in [0.717, 1.165) is 0 Å². The van der Waals surface area contributed by atoms with Crippen molar-refractivity contribution in [2.45, 2.75) is 19.9 Å². The molecule has 0 bridgehead atoms. The van der Waals surface area contributed by atoms with Crippen LogP contribution in [0.2, 0.25) is 0 Å². The molecule has 2 aromatic rings. The molecule has 84 valence electrons. The maximum Gasteiger partial charge on any atom is 0.157 e. The van der Waals surface area contributed by atoms with Crippen molar-refractivity contribution in [2.24, 2.45) is 0 Å². The van der Waals surface area contributed by atoms with Gasteiger partial charge in [-0.3, -0.25) is 0 Å². The highest BCUT2D eigenvalue weighted by atomic mass is 19.1. The Bertz CT molecular complexity index is 560. The highest BCUT2D eigenvalue weighted by Crippen LogP contribution is 2.23. The standard InChI is InChI=1S/C11H11FN2O2/c1-6(2)14-9-7(12)4-3-5-8(9)13-10(14)11(15)16/h3-6H,1-2H3,(H,15,16)/p-1. The van der Waals surface area contributed by atoms with Gasteiger partial charge in [-0.05, 0) is 26.0 Å². The van der Waals surface area contributed by atoms with Crippen molar-refractivity contribution in [1.29, 1.82) is 0 Å². The summed E-state index contributed by atoms with van der Waals surface area (Å²) in [5.41, 5.74) is 0.532. The Morgan fingerprint density at radius 3 is 2.75 bits per heavy atom. The smallest absolute Gasteiger partial charge is 0.157 e. The molecule has 0 spiro atoms. The predicted molar refractivity (Wildman–Crippen MR) is 54.4 cm³/mol. The van der Waals surface area contributed by atoms with Crippen LogP contribution in [-0.2, 0) is 0 Å². The van der Waals surface area contributed by atoms with Gasteiger partial charge >= 0.3 is 0 Å². The summed E-state index contributed by atoms with van der Waals surface area (Å²) in [4.78, 5) is 14.7. The highest BCUT2D eigenvalue weighted by Gasteiger charge is 2.16. The lowest BCUT2D eigenvalue weighted by atomic mass is 10.3.